The van der Waals surface area contributed by atoms with Crippen LogP contribution in [0.15, 0.2) is 36.7 Å². The van der Waals surface area contributed by atoms with E-state index in [2.05, 4.69) is 4.98 Å². The van der Waals surface area contributed by atoms with Crippen LogP contribution in [0.2, 0.25) is 0 Å². The Morgan fingerprint density at radius 2 is 1.88 bits per heavy atom. The maximum atomic E-state index is 12.8. The minimum atomic E-state index is -0.781. The molecule has 0 aliphatic carbocycles. The van der Waals surface area contributed by atoms with Crippen molar-refractivity contribution in [2.45, 2.75) is 32.1 Å². The van der Waals surface area contributed by atoms with Gasteiger partial charge in [-0.15, -0.1) is 0 Å². The smallest absolute Gasteiger partial charge is 0.306 e. The van der Waals surface area contributed by atoms with Gasteiger partial charge in [-0.1, -0.05) is 30.3 Å². The van der Waals surface area contributed by atoms with Gasteiger partial charge in [-0.25, -0.2) is 4.98 Å². The Kier molecular flexibility index (Phi) is 4.46. The maximum Gasteiger partial charge on any atom is 0.306 e. The Labute approximate surface area is 151 Å². The average Bonchev–Trinajstić information content (AvgIpc) is 3.11. The molecule has 26 heavy (non-hydrogen) atoms. The molecule has 0 spiro atoms. The zero-order chi connectivity index (χ0) is 18.1. The molecule has 1 fully saturated rings. The van der Waals surface area contributed by atoms with Crippen LogP contribution in [-0.4, -0.2) is 44.5 Å². The number of amides is 1. The lowest BCUT2D eigenvalue weighted by atomic mass is 9.97. The second-order valence-corrected chi connectivity index (χ2v) is 6.81. The van der Waals surface area contributed by atoms with Gasteiger partial charge in [0.25, 0.3) is 5.91 Å². The molecule has 0 unspecified atom stereocenters. The molecule has 2 aromatic rings. The second-order valence-electron chi connectivity index (χ2n) is 6.81. The largest absolute Gasteiger partial charge is 0.481 e. The van der Waals surface area contributed by atoms with Crippen LogP contribution in [0.4, 0.5) is 0 Å². The number of piperidine rings is 1. The first-order valence-electron chi connectivity index (χ1n) is 8.86. The zero-order valence-electron chi connectivity index (χ0n) is 14.4. The Balaban J connectivity index is 1.46. The van der Waals surface area contributed by atoms with Crippen molar-refractivity contribution in [2.75, 3.05) is 13.1 Å². The third-order valence-electron chi connectivity index (χ3n) is 5.24. The van der Waals surface area contributed by atoms with Crippen LogP contribution in [0.5, 0.6) is 0 Å². The highest BCUT2D eigenvalue weighted by Gasteiger charge is 2.32. The molecule has 1 amide bonds. The van der Waals surface area contributed by atoms with E-state index in [1.807, 2.05) is 34.9 Å². The fraction of sp³-hybridized carbons (Fsp3) is 0.421. The molecule has 1 atom stereocenters. The Morgan fingerprint density at radius 1 is 1.15 bits per heavy atom. The first-order valence-corrected chi connectivity index (χ1v) is 8.86. The summed E-state index contributed by atoms with van der Waals surface area (Å²) in [6.07, 6.45) is 2.63. The molecule has 7 heteroatoms. The van der Waals surface area contributed by atoms with Crippen molar-refractivity contribution in [2.24, 2.45) is 5.92 Å². The highest BCUT2D eigenvalue weighted by molar-refractivity contribution is 5.93. The molecule has 0 saturated carbocycles. The number of imidazole rings is 1. The van der Waals surface area contributed by atoms with Gasteiger partial charge < -0.3 is 19.3 Å². The van der Waals surface area contributed by atoms with Crippen LogP contribution in [0.25, 0.3) is 0 Å². The second kappa shape index (κ2) is 6.92. The molecule has 1 aromatic heterocycles. The summed E-state index contributed by atoms with van der Waals surface area (Å²) in [7, 11) is 0. The lowest BCUT2D eigenvalue weighted by molar-refractivity contribution is -0.143. The van der Waals surface area contributed by atoms with Crippen LogP contribution < -0.4 is 0 Å². The molecule has 2 aliphatic heterocycles. The summed E-state index contributed by atoms with van der Waals surface area (Å²) < 4.78 is 7.95. The van der Waals surface area contributed by atoms with Gasteiger partial charge in [-0.2, -0.15) is 0 Å². The number of hydrogen-bond acceptors (Lipinski definition) is 4. The summed E-state index contributed by atoms with van der Waals surface area (Å²) in [6.45, 7) is 1.87. The van der Waals surface area contributed by atoms with Crippen LogP contribution in [0, 0.1) is 5.92 Å². The minimum Gasteiger partial charge on any atom is -0.481 e. The van der Waals surface area contributed by atoms with Crippen molar-refractivity contribution in [1.29, 1.82) is 0 Å². The van der Waals surface area contributed by atoms with Crippen LogP contribution in [-0.2, 0) is 22.7 Å². The van der Waals surface area contributed by atoms with Gasteiger partial charge in [-0.05, 0) is 18.4 Å². The van der Waals surface area contributed by atoms with E-state index >= 15 is 0 Å². The number of carboxylic acid groups (broad SMARTS) is 1. The van der Waals surface area contributed by atoms with Crippen molar-refractivity contribution in [3.63, 3.8) is 0 Å². The van der Waals surface area contributed by atoms with E-state index in [1.54, 1.807) is 11.2 Å². The molecule has 3 heterocycles. The van der Waals surface area contributed by atoms with E-state index in [1.165, 1.54) is 0 Å². The van der Waals surface area contributed by atoms with E-state index in [0.717, 1.165) is 11.3 Å². The number of ether oxygens (including phenoxy) is 1. The van der Waals surface area contributed by atoms with Gasteiger partial charge in [0.2, 0.25) is 0 Å². The van der Waals surface area contributed by atoms with Gasteiger partial charge in [0, 0.05) is 13.1 Å². The summed E-state index contributed by atoms with van der Waals surface area (Å²) in [5.41, 5.74) is 2.32. The summed E-state index contributed by atoms with van der Waals surface area (Å²) in [5.74, 6) is -1.27. The number of likely N-dealkylation sites (tertiary alicyclic amines) is 1. The van der Waals surface area contributed by atoms with E-state index < -0.39 is 5.97 Å². The Hall–Kier alpha value is -2.67. The lowest BCUT2D eigenvalue weighted by Crippen LogP contribution is -2.41. The molecule has 0 radical (unpaired) electrons. The highest BCUT2D eigenvalue weighted by atomic mass is 16.5. The van der Waals surface area contributed by atoms with Gasteiger partial charge in [0.1, 0.15) is 6.10 Å². The maximum absolute atomic E-state index is 12.8. The quantitative estimate of drug-likeness (QED) is 0.911. The van der Waals surface area contributed by atoms with E-state index in [-0.39, 0.29) is 17.9 Å². The third-order valence-corrected chi connectivity index (χ3v) is 5.24. The van der Waals surface area contributed by atoms with Gasteiger partial charge in [0.15, 0.2) is 5.69 Å². The van der Waals surface area contributed by atoms with Gasteiger partial charge in [0.05, 0.1) is 31.1 Å². The number of carbonyl (C=O) groups is 2. The normalized spacial score (nSPS) is 20.6. The highest BCUT2D eigenvalue weighted by Crippen LogP contribution is 2.28. The Bertz CT molecular complexity index is 809. The number of carbonyl (C=O) groups excluding carboxylic acids is 1. The van der Waals surface area contributed by atoms with Crippen molar-refractivity contribution in [3.8, 4) is 0 Å². The summed E-state index contributed by atoms with van der Waals surface area (Å²) in [4.78, 5) is 29.9. The van der Waals surface area contributed by atoms with E-state index in [9.17, 15) is 9.59 Å². The number of nitrogens with zero attached hydrogens (tertiary/aromatic N) is 3. The van der Waals surface area contributed by atoms with Crippen LogP contribution >= 0.6 is 0 Å². The first kappa shape index (κ1) is 16.8. The molecule has 4 rings (SSSR count). The van der Waals surface area contributed by atoms with Crippen molar-refractivity contribution < 1.29 is 19.4 Å². The standard InChI is InChI=1S/C19H21N3O4/c23-18(21-8-6-14(7-9-21)19(24)25)17-15-11-26-16(10-22(15)12-20-17)13-4-2-1-3-5-13/h1-5,12,14,16H,6-11H2,(H,24,25)/t16-/m1/s1. The predicted octanol–water partition coefficient (Wildman–Crippen LogP) is 2.09. The molecule has 7 nitrogen and oxygen atoms in total. The number of hydrogen-bond donors (Lipinski definition) is 1. The predicted molar refractivity (Wildman–Crippen MR) is 92.5 cm³/mol. The fourth-order valence-electron chi connectivity index (χ4n) is 3.65. The molecule has 1 saturated heterocycles. The van der Waals surface area contributed by atoms with Gasteiger partial charge in [-0.3, -0.25) is 9.59 Å². The topological polar surface area (TPSA) is 84.7 Å². The van der Waals surface area contributed by atoms with Crippen molar-refractivity contribution in [3.05, 3.63) is 53.6 Å². The monoisotopic (exact) mass is 355 g/mol. The molecule has 136 valence electrons. The van der Waals surface area contributed by atoms with Crippen molar-refractivity contribution >= 4 is 11.9 Å². The SMILES string of the molecule is O=C(O)C1CCN(C(=O)c2ncn3c2CO[C@@H](c2ccccc2)C3)CC1. The molecule has 2 aliphatic rings. The molecule has 0 bridgehead atoms. The zero-order valence-corrected chi connectivity index (χ0v) is 14.4. The summed E-state index contributed by atoms with van der Waals surface area (Å²) in [5, 5.41) is 9.09. The van der Waals surface area contributed by atoms with Crippen LogP contribution in [0.1, 0.15) is 40.7 Å². The fourth-order valence-corrected chi connectivity index (χ4v) is 3.65. The number of fused-ring (bicyclic) bond motifs is 1. The van der Waals surface area contributed by atoms with Crippen LogP contribution in [0.3, 0.4) is 0 Å². The summed E-state index contributed by atoms with van der Waals surface area (Å²) in [6, 6.07) is 10.0. The minimum absolute atomic E-state index is 0.0489. The number of carboxylic acids is 1. The molecule has 1 aromatic carbocycles. The average molecular weight is 355 g/mol. The van der Waals surface area contributed by atoms with Gasteiger partial charge >= 0.3 is 5.97 Å². The van der Waals surface area contributed by atoms with E-state index in [4.69, 9.17) is 9.84 Å². The number of rotatable bonds is 3. The number of aromatic nitrogens is 2. The number of aliphatic carboxylic acids is 1. The third kappa shape index (κ3) is 3.10. The number of benzene rings is 1. The molecular formula is C19H21N3O4. The summed E-state index contributed by atoms with van der Waals surface area (Å²) >= 11 is 0. The first-order chi connectivity index (χ1) is 12.6. The van der Waals surface area contributed by atoms with E-state index in [0.29, 0.717) is 44.8 Å². The Morgan fingerprint density at radius 3 is 2.58 bits per heavy atom. The molecule has 1 N–H and O–H groups in total. The van der Waals surface area contributed by atoms with Crippen molar-refractivity contribution in [1.82, 2.24) is 14.5 Å². The lowest BCUT2D eigenvalue weighted by Gasteiger charge is -2.30. The molecular weight excluding hydrogens is 334 g/mol.